The summed E-state index contributed by atoms with van der Waals surface area (Å²) < 4.78 is 26.3. The van der Waals surface area contributed by atoms with Crippen LogP contribution in [0.5, 0.6) is 17.2 Å². The van der Waals surface area contributed by atoms with Crippen LogP contribution >= 0.6 is 0 Å². The Balaban J connectivity index is 0.000000130. The molecule has 13 nitrogen and oxygen atoms in total. The van der Waals surface area contributed by atoms with Gasteiger partial charge in [0.25, 0.3) is 17.7 Å². The third-order valence-electron chi connectivity index (χ3n) is 20.5. The van der Waals surface area contributed by atoms with Crippen LogP contribution in [0.4, 0.5) is 17.1 Å². The summed E-state index contributed by atoms with van der Waals surface area (Å²) in [6.45, 7) is 8.08. The van der Waals surface area contributed by atoms with Crippen molar-refractivity contribution >= 4 is 85.3 Å². The van der Waals surface area contributed by atoms with Crippen molar-refractivity contribution in [3.63, 3.8) is 0 Å². The summed E-state index contributed by atoms with van der Waals surface area (Å²) in [5, 5.41) is 15.8. The number of quaternary nitrogens is 3. The Labute approximate surface area is 565 Å². The number of carbonyl (C=O) groups excluding carboxylic acids is 3. The number of anilines is 3. The first-order chi connectivity index (χ1) is 46.6. The number of likely N-dealkylation sites (tertiary alicyclic amines) is 1. The van der Waals surface area contributed by atoms with E-state index < -0.39 is 0 Å². The lowest BCUT2D eigenvalue weighted by atomic mass is 9.92. The first kappa shape index (κ1) is 65.3. The lowest BCUT2D eigenvalue weighted by Crippen LogP contribution is -2.50. The normalized spacial score (nSPS) is 16.8. The van der Waals surface area contributed by atoms with Crippen LogP contribution in [0.25, 0.3) is 50.5 Å². The number of hydrogen-bond donors (Lipinski definition) is 3. The quantitative estimate of drug-likeness (QED) is 0.0927. The molecule has 15 rings (SSSR count). The number of nitrogens with one attached hydrogen (secondary N) is 3. The zero-order valence-electron chi connectivity index (χ0n) is 56.3. The highest BCUT2D eigenvalue weighted by Crippen LogP contribution is 2.38. The molecule has 5 heterocycles. The Kier molecular flexibility index (Phi) is 19.7. The van der Waals surface area contributed by atoms with E-state index in [1.807, 2.05) is 109 Å². The Morgan fingerprint density at radius 2 is 0.750 bits per heavy atom. The molecule has 0 spiro atoms. The fourth-order valence-electron chi connectivity index (χ4n) is 14.9. The number of nitrogens with zero attached hydrogens (tertiary/aromatic N) is 3. The molecular weight excluding hydrogens is 1190 g/mol. The predicted octanol–water partition coefficient (Wildman–Crippen LogP) is 16.2. The first-order valence-electron chi connectivity index (χ1n) is 34.4. The number of hydrogen-bond acceptors (Lipinski definition) is 7. The van der Waals surface area contributed by atoms with E-state index in [1.54, 1.807) is 0 Å². The molecule has 0 aromatic heterocycles. The topological polar surface area (TPSA) is 124 Å². The molecular formula is C83H91N6O7+3. The van der Waals surface area contributed by atoms with Crippen LogP contribution in [0.1, 0.15) is 91.2 Å². The fraction of sp³-hybridized carbons (Fsp3) is 0.313. The minimum atomic E-state index is -0.125. The molecule has 3 fully saturated rings. The van der Waals surface area contributed by atoms with E-state index in [-0.39, 0.29) is 37.5 Å². The average Bonchev–Trinajstić information content (AvgIpc) is 0.926. The molecule has 0 bridgehead atoms. The zero-order valence-corrected chi connectivity index (χ0v) is 56.3. The SMILES string of the molecule is C[N+](C)(Cc1ccc(NC(=O)C2=Cc3c(ccc4ccccc34)OC2)cc1)C1CCCCC1.C[N+](C)(Cc1ccc(NC(=O)C2=Cc3c(ccc4ccccc34)OC2)cc1)C1CCOCC1.C[N+]1(Cc2ccc(NC(=O)C3=Cc4c(ccc5ccccc45)OC3)cc2)CCCC1. The monoisotopic (exact) mass is 1280 g/mol. The highest BCUT2D eigenvalue weighted by molar-refractivity contribution is 6.11. The largest absolute Gasteiger partial charge is 0.488 e. The van der Waals surface area contributed by atoms with Crippen LogP contribution in [0.15, 0.2) is 199 Å². The van der Waals surface area contributed by atoms with Crippen LogP contribution in [-0.4, -0.2) is 125 Å². The van der Waals surface area contributed by atoms with Crippen LogP contribution in [0.2, 0.25) is 0 Å². The lowest BCUT2D eigenvalue weighted by molar-refractivity contribution is -0.929. The van der Waals surface area contributed by atoms with Crippen LogP contribution < -0.4 is 30.2 Å². The van der Waals surface area contributed by atoms with E-state index in [0.29, 0.717) is 22.8 Å². The second kappa shape index (κ2) is 28.9. The highest BCUT2D eigenvalue weighted by Gasteiger charge is 2.33. The van der Waals surface area contributed by atoms with Crippen molar-refractivity contribution in [3.8, 4) is 17.2 Å². The van der Waals surface area contributed by atoms with Gasteiger partial charge in [-0.3, -0.25) is 14.4 Å². The molecule has 0 unspecified atom stereocenters. The molecule has 5 aliphatic heterocycles. The van der Waals surface area contributed by atoms with E-state index >= 15 is 0 Å². The molecule has 0 atom stereocenters. The summed E-state index contributed by atoms with van der Waals surface area (Å²) >= 11 is 0. The number of ether oxygens (including phenoxy) is 4. The van der Waals surface area contributed by atoms with Crippen molar-refractivity contribution in [2.45, 2.75) is 89.5 Å². The van der Waals surface area contributed by atoms with Crippen molar-refractivity contribution < 1.29 is 46.8 Å². The van der Waals surface area contributed by atoms with E-state index in [2.05, 4.69) is 142 Å². The van der Waals surface area contributed by atoms with Gasteiger partial charge in [-0.05, 0) is 131 Å². The highest BCUT2D eigenvalue weighted by atomic mass is 16.5. The molecule has 96 heavy (non-hydrogen) atoms. The maximum Gasteiger partial charge on any atom is 0.255 e. The van der Waals surface area contributed by atoms with Gasteiger partial charge in [-0.2, -0.15) is 0 Å². The van der Waals surface area contributed by atoms with Crippen molar-refractivity contribution in [1.82, 2.24) is 0 Å². The zero-order chi connectivity index (χ0) is 66.2. The summed E-state index contributed by atoms with van der Waals surface area (Å²) in [7, 11) is 11.6. The van der Waals surface area contributed by atoms with Crippen LogP contribution in [0.3, 0.4) is 0 Å². The molecule has 9 aromatic carbocycles. The molecule has 1 aliphatic carbocycles. The second-order valence-corrected chi connectivity index (χ2v) is 28.4. The number of rotatable bonds is 14. The van der Waals surface area contributed by atoms with Gasteiger partial charge in [0.2, 0.25) is 0 Å². The molecule has 492 valence electrons. The Morgan fingerprint density at radius 1 is 0.406 bits per heavy atom. The minimum absolute atomic E-state index is 0.111. The Bertz CT molecular complexity index is 4210. The average molecular weight is 1280 g/mol. The van der Waals surface area contributed by atoms with Crippen LogP contribution in [0, 0.1) is 0 Å². The molecule has 2 saturated heterocycles. The maximum atomic E-state index is 13.0. The predicted molar refractivity (Wildman–Crippen MR) is 389 cm³/mol. The van der Waals surface area contributed by atoms with Crippen molar-refractivity contribution in [2.24, 2.45) is 0 Å². The summed E-state index contributed by atoms with van der Waals surface area (Å²) in [6, 6.07) is 62.8. The molecule has 3 N–H and O–H groups in total. The van der Waals surface area contributed by atoms with Gasteiger partial charge in [-0.15, -0.1) is 0 Å². The summed E-state index contributed by atoms with van der Waals surface area (Å²) in [4.78, 5) is 38.8. The van der Waals surface area contributed by atoms with Crippen molar-refractivity contribution in [3.05, 3.63) is 232 Å². The van der Waals surface area contributed by atoms with Crippen molar-refractivity contribution in [2.75, 3.05) is 97.3 Å². The molecule has 0 radical (unpaired) electrons. The molecule has 1 saturated carbocycles. The standard InChI is InChI=1S/C29H32N2O2.C28H30N2O3.C26H26N2O2/c1-31(2,25-9-4-3-5-10-25)19-21-12-15-24(16-13-21)30-29(32)23-18-27-26-11-7-6-8-22(26)14-17-28(27)33-20-23;1-30(2,24-13-15-32-16-14-24)18-20-7-10-23(11-8-20)29-28(31)22-17-26-25-6-4-3-5-21(25)9-12-27(26)33-19-22;1-28(14-4-5-15-28)17-19-8-11-22(12-9-19)27-26(29)21-16-24-23-7-3-2-6-20(23)10-13-25(24)30-18-21/h6-8,11-18,25H,3-5,9-10,19-20H2,1-2H3;3-12,17,24H,13-16,18-19H2,1-2H3;2-3,6-13,16H,4-5,14-15,17-18H2,1H3/p+3. The summed E-state index contributed by atoms with van der Waals surface area (Å²) in [5.41, 5.74) is 11.1. The molecule has 6 aliphatic rings. The second-order valence-electron chi connectivity index (χ2n) is 28.4. The Hall–Kier alpha value is -9.37. The van der Waals surface area contributed by atoms with Gasteiger partial charge < -0.3 is 48.3 Å². The van der Waals surface area contributed by atoms with Gasteiger partial charge in [-0.1, -0.05) is 134 Å². The molecule has 3 amide bonds. The number of carbonyl (C=O) groups is 3. The third kappa shape index (κ3) is 15.5. The van der Waals surface area contributed by atoms with Crippen molar-refractivity contribution in [1.29, 1.82) is 0 Å². The Morgan fingerprint density at radius 3 is 1.12 bits per heavy atom. The van der Waals surface area contributed by atoms with Gasteiger partial charge in [0.15, 0.2) is 0 Å². The smallest absolute Gasteiger partial charge is 0.255 e. The number of amides is 3. The summed E-state index contributed by atoms with van der Waals surface area (Å²) in [6.07, 6.45) is 17.5. The summed E-state index contributed by atoms with van der Waals surface area (Å²) in [5.74, 6) is 2.13. The number of benzene rings is 9. The maximum absolute atomic E-state index is 13.0. The van der Waals surface area contributed by atoms with Gasteiger partial charge >= 0.3 is 0 Å². The van der Waals surface area contributed by atoms with E-state index in [0.717, 1.165) is 148 Å². The molecule has 9 aromatic rings. The van der Waals surface area contributed by atoms with E-state index in [9.17, 15) is 14.4 Å². The minimum Gasteiger partial charge on any atom is -0.488 e. The lowest BCUT2D eigenvalue weighted by Gasteiger charge is -2.40. The molecule has 13 heteroatoms. The first-order valence-corrected chi connectivity index (χ1v) is 34.4. The van der Waals surface area contributed by atoms with E-state index in [4.69, 9.17) is 18.9 Å². The fourth-order valence-corrected chi connectivity index (χ4v) is 14.9. The third-order valence-corrected chi connectivity index (χ3v) is 20.5. The van der Waals surface area contributed by atoms with Gasteiger partial charge in [-0.25, -0.2) is 0 Å². The van der Waals surface area contributed by atoms with E-state index in [1.165, 1.54) is 74.7 Å². The van der Waals surface area contributed by atoms with Gasteiger partial charge in [0.05, 0.1) is 90.3 Å². The van der Waals surface area contributed by atoms with Gasteiger partial charge in [0.1, 0.15) is 56.7 Å². The number of fused-ring (bicyclic) bond motifs is 9. The van der Waals surface area contributed by atoms with Crippen LogP contribution in [-0.2, 0) is 38.8 Å². The van der Waals surface area contributed by atoms with Gasteiger partial charge in [0, 0.05) is 76.1 Å².